The Kier molecular flexibility index (Phi) is 3.34. The van der Waals surface area contributed by atoms with E-state index in [1.807, 2.05) is 25.7 Å². The van der Waals surface area contributed by atoms with Crippen LogP contribution in [-0.2, 0) is 4.74 Å². The van der Waals surface area contributed by atoms with Gasteiger partial charge in [-0.1, -0.05) is 0 Å². The highest BCUT2D eigenvalue weighted by molar-refractivity contribution is 5.69. The molecule has 2 unspecified atom stereocenters. The minimum absolute atomic E-state index is 0.0310. The van der Waals surface area contributed by atoms with Crippen LogP contribution < -0.4 is 5.32 Å². The second-order valence-corrected chi connectivity index (χ2v) is 7.30. The van der Waals surface area contributed by atoms with Crippen LogP contribution in [0.1, 0.15) is 53.9 Å². The molecule has 1 amide bonds. The van der Waals surface area contributed by atoms with Crippen molar-refractivity contribution in [2.75, 3.05) is 6.54 Å². The van der Waals surface area contributed by atoms with Crippen molar-refractivity contribution in [2.24, 2.45) is 0 Å². The van der Waals surface area contributed by atoms with Gasteiger partial charge in [-0.2, -0.15) is 0 Å². The van der Waals surface area contributed by atoms with Gasteiger partial charge < -0.3 is 15.0 Å². The highest BCUT2D eigenvalue weighted by Gasteiger charge is 2.41. The second-order valence-electron chi connectivity index (χ2n) is 7.30. The first-order chi connectivity index (χ1) is 8.16. The number of ether oxygens (including phenoxy) is 1. The van der Waals surface area contributed by atoms with Crippen LogP contribution in [0.4, 0.5) is 4.79 Å². The van der Waals surface area contributed by atoms with Gasteiger partial charge in [-0.25, -0.2) is 4.79 Å². The molecule has 1 saturated heterocycles. The number of amides is 1. The lowest BCUT2D eigenvalue weighted by Gasteiger charge is -2.36. The summed E-state index contributed by atoms with van der Waals surface area (Å²) in [6, 6.07) is 0.900. The Balaban J connectivity index is 2.12. The van der Waals surface area contributed by atoms with Crippen molar-refractivity contribution in [2.45, 2.75) is 77.1 Å². The largest absolute Gasteiger partial charge is 0.444 e. The maximum Gasteiger partial charge on any atom is 0.410 e. The molecule has 2 aliphatic rings. The fraction of sp³-hybridized carbons (Fsp3) is 0.929. The van der Waals surface area contributed by atoms with Gasteiger partial charge in [0.05, 0.1) is 0 Å². The molecule has 0 spiro atoms. The summed E-state index contributed by atoms with van der Waals surface area (Å²) in [7, 11) is 0. The minimum Gasteiger partial charge on any atom is -0.444 e. The van der Waals surface area contributed by atoms with Crippen molar-refractivity contribution in [3.05, 3.63) is 0 Å². The summed E-state index contributed by atoms with van der Waals surface area (Å²) in [6.07, 6.45) is 3.15. The van der Waals surface area contributed by atoms with Crippen molar-refractivity contribution < 1.29 is 9.53 Å². The van der Waals surface area contributed by atoms with Crippen LogP contribution in [0.5, 0.6) is 0 Å². The Morgan fingerprint density at radius 2 is 2.00 bits per heavy atom. The molecule has 2 fully saturated rings. The van der Waals surface area contributed by atoms with E-state index in [4.69, 9.17) is 4.74 Å². The van der Waals surface area contributed by atoms with Gasteiger partial charge in [-0.05, 0) is 53.9 Å². The highest BCUT2D eigenvalue weighted by atomic mass is 16.6. The molecule has 0 aromatic heterocycles. The van der Waals surface area contributed by atoms with Gasteiger partial charge in [0.1, 0.15) is 5.60 Å². The predicted octanol–water partition coefficient (Wildman–Crippen LogP) is 2.53. The summed E-state index contributed by atoms with van der Waals surface area (Å²) >= 11 is 0. The summed E-state index contributed by atoms with van der Waals surface area (Å²) in [5.74, 6) is 0. The van der Waals surface area contributed by atoms with Crippen molar-refractivity contribution in [3.8, 4) is 0 Å². The average Bonchev–Trinajstić information content (AvgIpc) is 2.52. The molecule has 2 bridgehead atoms. The Labute approximate surface area is 110 Å². The molecule has 1 aliphatic heterocycles. The molecule has 2 rings (SSSR count). The minimum atomic E-state index is -0.418. The highest BCUT2D eigenvalue weighted by Crippen LogP contribution is 2.31. The number of carbonyl (C=O) groups excluding carboxylic acids is 1. The third-order valence-corrected chi connectivity index (χ3v) is 3.63. The number of nitrogens with zero attached hydrogens (tertiary/aromatic N) is 1. The fourth-order valence-corrected chi connectivity index (χ4v) is 3.06. The zero-order chi connectivity index (χ0) is 13.6. The molecule has 0 aromatic carbocycles. The van der Waals surface area contributed by atoms with Gasteiger partial charge in [0, 0.05) is 24.2 Å². The normalized spacial score (nSPS) is 31.1. The van der Waals surface area contributed by atoms with Crippen LogP contribution in [0.15, 0.2) is 0 Å². The molecule has 1 saturated carbocycles. The number of hydrogen-bond acceptors (Lipinski definition) is 3. The molecule has 1 N–H and O–H groups in total. The summed E-state index contributed by atoms with van der Waals surface area (Å²) in [4.78, 5) is 14.3. The van der Waals surface area contributed by atoms with E-state index in [1.165, 1.54) is 0 Å². The van der Waals surface area contributed by atoms with E-state index in [2.05, 4.69) is 19.2 Å². The fourth-order valence-electron chi connectivity index (χ4n) is 3.06. The van der Waals surface area contributed by atoms with Crippen LogP contribution in [0.2, 0.25) is 0 Å². The molecule has 1 heterocycles. The van der Waals surface area contributed by atoms with Crippen LogP contribution in [0, 0.1) is 0 Å². The molecular weight excluding hydrogens is 228 g/mol. The summed E-state index contributed by atoms with van der Waals surface area (Å²) in [5, 5.41) is 3.64. The standard InChI is InChI=1S/C14H26N2O2/c1-13(2,3)18-12(17)16-9-14(4,5)15-10-6-7-11(16)8-10/h10-11,15H,6-9H2,1-5H3. The number of fused-ring (bicyclic) bond motifs is 2. The summed E-state index contributed by atoms with van der Waals surface area (Å²) in [6.45, 7) is 10.8. The van der Waals surface area contributed by atoms with Gasteiger partial charge in [0.15, 0.2) is 0 Å². The van der Waals surface area contributed by atoms with E-state index in [9.17, 15) is 4.79 Å². The predicted molar refractivity (Wildman–Crippen MR) is 71.6 cm³/mol. The lowest BCUT2D eigenvalue weighted by Crippen LogP contribution is -2.53. The average molecular weight is 254 g/mol. The molecular formula is C14H26N2O2. The maximum absolute atomic E-state index is 12.3. The van der Waals surface area contributed by atoms with Crippen LogP contribution >= 0.6 is 0 Å². The first kappa shape index (κ1) is 13.7. The van der Waals surface area contributed by atoms with Crippen LogP contribution in [0.3, 0.4) is 0 Å². The Hall–Kier alpha value is -0.770. The molecule has 4 nitrogen and oxygen atoms in total. The SMILES string of the molecule is CC1(C)CN(C(=O)OC(C)(C)C)C2CCC(C2)N1. The molecule has 0 radical (unpaired) electrons. The van der Waals surface area contributed by atoms with Crippen LogP contribution in [-0.4, -0.2) is 40.8 Å². The Bertz CT molecular complexity index is 333. The Morgan fingerprint density at radius 1 is 1.33 bits per heavy atom. The zero-order valence-corrected chi connectivity index (χ0v) is 12.2. The molecule has 4 heteroatoms. The number of nitrogens with one attached hydrogen (secondary N) is 1. The van der Waals surface area contributed by atoms with E-state index in [0.717, 1.165) is 25.8 Å². The van der Waals surface area contributed by atoms with Gasteiger partial charge in [-0.3, -0.25) is 0 Å². The molecule has 0 aromatic rings. The van der Waals surface area contributed by atoms with E-state index < -0.39 is 5.60 Å². The van der Waals surface area contributed by atoms with Crippen molar-refractivity contribution in [1.82, 2.24) is 10.2 Å². The second kappa shape index (κ2) is 4.41. The molecule has 18 heavy (non-hydrogen) atoms. The topological polar surface area (TPSA) is 41.6 Å². The Morgan fingerprint density at radius 3 is 2.61 bits per heavy atom. The molecule has 2 atom stereocenters. The van der Waals surface area contributed by atoms with E-state index in [1.54, 1.807) is 0 Å². The lowest BCUT2D eigenvalue weighted by molar-refractivity contribution is 0.0129. The van der Waals surface area contributed by atoms with Gasteiger partial charge in [-0.15, -0.1) is 0 Å². The lowest BCUT2D eigenvalue weighted by atomic mass is 10.0. The monoisotopic (exact) mass is 254 g/mol. The zero-order valence-electron chi connectivity index (χ0n) is 12.2. The van der Waals surface area contributed by atoms with Crippen molar-refractivity contribution in [1.29, 1.82) is 0 Å². The van der Waals surface area contributed by atoms with Crippen LogP contribution in [0.25, 0.3) is 0 Å². The third-order valence-electron chi connectivity index (χ3n) is 3.63. The maximum atomic E-state index is 12.3. The number of carbonyl (C=O) groups is 1. The third kappa shape index (κ3) is 3.16. The van der Waals surface area contributed by atoms with Crippen molar-refractivity contribution in [3.63, 3.8) is 0 Å². The first-order valence-electron chi connectivity index (χ1n) is 6.94. The molecule has 1 aliphatic carbocycles. The van der Waals surface area contributed by atoms with Crippen molar-refractivity contribution >= 4 is 6.09 Å². The summed E-state index contributed by atoms with van der Waals surface area (Å²) < 4.78 is 5.54. The number of rotatable bonds is 0. The van der Waals surface area contributed by atoms with E-state index in [-0.39, 0.29) is 11.6 Å². The van der Waals surface area contributed by atoms with Gasteiger partial charge in [0.25, 0.3) is 0 Å². The van der Waals surface area contributed by atoms with Gasteiger partial charge >= 0.3 is 6.09 Å². The van der Waals surface area contributed by atoms with Gasteiger partial charge in [0.2, 0.25) is 0 Å². The number of hydrogen-bond donors (Lipinski definition) is 1. The first-order valence-corrected chi connectivity index (χ1v) is 6.94. The smallest absolute Gasteiger partial charge is 0.410 e. The van der Waals surface area contributed by atoms with E-state index >= 15 is 0 Å². The summed E-state index contributed by atoms with van der Waals surface area (Å²) in [5.41, 5.74) is -0.449. The quantitative estimate of drug-likeness (QED) is 0.722. The van der Waals surface area contributed by atoms with E-state index in [0.29, 0.717) is 12.1 Å². The molecule has 104 valence electrons.